The number of aryl methyl sites for hydroxylation is 1. The van der Waals surface area contributed by atoms with Gasteiger partial charge in [-0.05, 0) is 61.6 Å². The molecule has 0 aliphatic rings. The predicted octanol–water partition coefficient (Wildman–Crippen LogP) is 5.23. The smallest absolute Gasteiger partial charge is 0.340 e. The lowest BCUT2D eigenvalue weighted by atomic mass is 9.87. The Morgan fingerprint density at radius 1 is 1.08 bits per heavy atom. The molecule has 0 heterocycles. The molecule has 2 aromatic rings. The third-order valence-electron chi connectivity index (χ3n) is 3.86. The first-order valence-corrected chi connectivity index (χ1v) is 8.47. The standard InChI is InChI=1S/C21H27NO3/c1-13(2)24-20(23)17-12-19(14(3)11-18(17)22)25-16-9-7-15(8-10-16)21(4,5)6/h7-13H,22H2,1-6H3. The summed E-state index contributed by atoms with van der Waals surface area (Å²) in [5.74, 6) is 0.859. The van der Waals surface area contributed by atoms with Crippen LogP contribution in [0.3, 0.4) is 0 Å². The summed E-state index contributed by atoms with van der Waals surface area (Å²) in [6.45, 7) is 12.0. The molecule has 0 spiro atoms. The van der Waals surface area contributed by atoms with E-state index in [1.54, 1.807) is 26.0 Å². The van der Waals surface area contributed by atoms with Crippen LogP contribution in [0.25, 0.3) is 0 Å². The third-order valence-corrected chi connectivity index (χ3v) is 3.86. The molecule has 0 atom stereocenters. The highest BCUT2D eigenvalue weighted by atomic mass is 16.5. The number of rotatable bonds is 4. The summed E-state index contributed by atoms with van der Waals surface area (Å²) in [5, 5.41) is 0. The van der Waals surface area contributed by atoms with Gasteiger partial charge in [-0.25, -0.2) is 4.79 Å². The van der Waals surface area contributed by atoms with Gasteiger partial charge < -0.3 is 15.2 Å². The molecule has 4 heteroatoms. The van der Waals surface area contributed by atoms with Crippen molar-refractivity contribution in [2.24, 2.45) is 0 Å². The van der Waals surface area contributed by atoms with Crippen LogP contribution in [0.1, 0.15) is 56.1 Å². The molecule has 0 radical (unpaired) electrons. The molecule has 0 aliphatic carbocycles. The molecule has 0 amide bonds. The van der Waals surface area contributed by atoms with Gasteiger partial charge in [-0.15, -0.1) is 0 Å². The Morgan fingerprint density at radius 2 is 1.68 bits per heavy atom. The van der Waals surface area contributed by atoms with E-state index in [1.807, 2.05) is 19.1 Å². The van der Waals surface area contributed by atoms with Crippen LogP contribution in [-0.4, -0.2) is 12.1 Å². The van der Waals surface area contributed by atoms with Gasteiger partial charge in [0.05, 0.1) is 11.7 Å². The minimum absolute atomic E-state index is 0.0867. The largest absolute Gasteiger partial charge is 0.459 e. The topological polar surface area (TPSA) is 61.6 Å². The second-order valence-electron chi connectivity index (χ2n) is 7.54. The average Bonchev–Trinajstić information content (AvgIpc) is 2.48. The maximum Gasteiger partial charge on any atom is 0.340 e. The van der Waals surface area contributed by atoms with Crippen LogP contribution in [0.2, 0.25) is 0 Å². The van der Waals surface area contributed by atoms with Gasteiger partial charge in [0.15, 0.2) is 0 Å². The first-order valence-electron chi connectivity index (χ1n) is 8.47. The molecule has 0 saturated heterocycles. The number of ether oxygens (including phenoxy) is 2. The molecule has 134 valence electrons. The summed E-state index contributed by atoms with van der Waals surface area (Å²) in [6, 6.07) is 11.3. The second kappa shape index (κ2) is 7.18. The van der Waals surface area contributed by atoms with E-state index in [2.05, 4.69) is 32.9 Å². The van der Waals surface area contributed by atoms with Crippen LogP contribution in [-0.2, 0) is 10.2 Å². The maximum atomic E-state index is 12.2. The lowest BCUT2D eigenvalue weighted by molar-refractivity contribution is 0.0379. The molecular weight excluding hydrogens is 314 g/mol. The summed E-state index contributed by atoms with van der Waals surface area (Å²) in [6.07, 6.45) is -0.206. The van der Waals surface area contributed by atoms with E-state index in [0.29, 0.717) is 22.7 Å². The molecule has 0 bridgehead atoms. The number of nitrogen functional groups attached to an aromatic ring is 1. The minimum Gasteiger partial charge on any atom is -0.459 e. The van der Waals surface area contributed by atoms with Crippen molar-refractivity contribution >= 4 is 11.7 Å². The molecule has 0 saturated carbocycles. The van der Waals surface area contributed by atoms with Crippen molar-refractivity contribution in [1.82, 2.24) is 0 Å². The Labute approximate surface area is 150 Å². The van der Waals surface area contributed by atoms with Gasteiger partial charge in [0.2, 0.25) is 0 Å². The van der Waals surface area contributed by atoms with E-state index in [4.69, 9.17) is 15.2 Å². The lowest BCUT2D eigenvalue weighted by Gasteiger charge is -2.19. The second-order valence-corrected chi connectivity index (χ2v) is 7.54. The van der Waals surface area contributed by atoms with Crippen molar-refractivity contribution in [3.05, 3.63) is 53.1 Å². The van der Waals surface area contributed by atoms with Crippen molar-refractivity contribution in [2.45, 2.75) is 53.1 Å². The van der Waals surface area contributed by atoms with Gasteiger partial charge in [0, 0.05) is 5.69 Å². The molecule has 0 aliphatic heterocycles. The average molecular weight is 341 g/mol. The van der Waals surface area contributed by atoms with Gasteiger partial charge >= 0.3 is 5.97 Å². The first-order chi connectivity index (χ1) is 11.6. The van der Waals surface area contributed by atoms with Crippen LogP contribution in [0.15, 0.2) is 36.4 Å². The van der Waals surface area contributed by atoms with E-state index in [1.165, 1.54) is 5.56 Å². The Bertz CT molecular complexity index is 756. The first kappa shape index (κ1) is 18.8. The third kappa shape index (κ3) is 4.75. The van der Waals surface area contributed by atoms with Gasteiger partial charge in [-0.1, -0.05) is 32.9 Å². The number of carbonyl (C=O) groups is 1. The zero-order valence-corrected chi connectivity index (χ0v) is 15.8. The fraction of sp³-hybridized carbons (Fsp3) is 0.381. The predicted molar refractivity (Wildman–Crippen MR) is 101 cm³/mol. The molecular formula is C21H27NO3. The normalized spacial score (nSPS) is 11.5. The summed E-state index contributed by atoms with van der Waals surface area (Å²) in [7, 11) is 0. The number of hydrogen-bond acceptors (Lipinski definition) is 4. The van der Waals surface area contributed by atoms with E-state index in [9.17, 15) is 4.79 Å². The molecule has 2 N–H and O–H groups in total. The Balaban J connectivity index is 2.29. The van der Waals surface area contributed by atoms with Crippen LogP contribution in [0, 0.1) is 6.92 Å². The summed E-state index contributed by atoms with van der Waals surface area (Å²) in [4.78, 5) is 12.2. The highest BCUT2D eigenvalue weighted by Gasteiger charge is 2.17. The fourth-order valence-corrected chi connectivity index (χ4v) is 2.42. The van der Waals surface area contributed by atoms with Gasteiger partial charge in [0.1, 0.15) is 11.5 Å². The van der Waals surface area contributed by atoms with Gasteiger partial charge in [-0.2, -0.15) is 0 Å². The van der Waals surface area contributed by atoms with E-state index in [0.717, 1.165) is 5.56 Å². The van der Waals surface area contributed by atoms with Gasteiger partial charge in [0.25, 0.3) is 0 Å². The zero-order chi connectivity index (χ0) is 18.8. The number of esters is 1. The molecule has 2 rings (SSSR count). The fourth-order valence-electron chi connectivity index (χ4n) is 2.42. The summed E-state index contributed by atoms with van der Waals surface area (Å²) < 4.78 is 11.2. The van der Waals surface area contributed by atoms with Crippen molar-refractivity contribution in [2.75, 3.05) is 5.73 Å². The van der Waals surface area contributed by atoms with Crippen molar-refractivity contribution in [3.63, 3.8) is 0 Å². The highest BCUT2D eigenvalue weighted by molar-refractivity contribution is 5.96. The molecule has 25 heavy (non-hydrogen) atoms. The van der Waals surface area contributed by atoms with Crippen molar-refractivity contribution < 1.29 is 14.3 Å². The lowest BCUT2D eigenvalue weighted by Crippen LogP contribution is -2.13. The van der Waals surface area contributed by atoms with E-state index >= 15 is 0 Å². The summed E-state index contributed by atoms with van der Waals surface area (Å²) in [5.41, 5.74) is 8.86. The highest BCUT2D eigenvalue weighted by Crippen LogP contribution is 2.31. The number of carbonyl (C=O) groups excluding carboxylic acids is 1. The number of benzene rings is 2. The minimum atomic E-state index is -0.444. The van der Waals surface area contributed by atoms with E-state index < -0.39 is 5.97 Å². The quantitative estimate of drug-likeness (QED) is 0.611. The molecule has 4 nitrogen and oxygen atoms in total. The molecule has 0 aromatic heterocycles. The molecule has 0 fully saturated rings. The maximum absolute atomic E-state index is 12.2. The Hall–Kier alpha value is -2.49. The van der Waals surface area contributed by atoms with Crippen LogP contribution < -0.4 is 10.5 Å². The monoisotopic (exact) mass is 341 g/mol. The summed E-state index contributed by atoms with van der Waals surface area (Å²) >= 11 is 0. The van der Waals surface area contributed by atoms with E-state index in [-0.39, 0.29) is 11.5 Å². The van der Waals surface area contributed by atoms with Crippen molar-refractivity contribution in [1.29, 1.82) is 0 Å². The van der Waals surface area contributed by atoms with Crippen LogP contribution >= 0.6 is 0 Å². The SMILES string of the molecule is Cc1cc(N)c(C(=O)OC(C)C)cc1Oc1ccc(C(C)(C)C)cc1. The number of nitrogens with two attached hydrogens (primary N) is 1. The Morgan fingerprint density at radius 3 is 2.20 bits per heavy atom. The molecule has 0 unspecified atom stereocenters. The van der Waals surface area contributed by atoms with Crippen molar-refractivity contribution in [3.8, 4) is 11.5 Å². The van der Waals surface area contributed by atoms with Gasteiger partial charge in [-0.3, -0.25) is 0 Å². The van der Waals surface area contributed by atoms with Crippen LogP contribution in [0.5, 0.6) is 11.5 Å². The molecule has 2 aromatic carbocycles. The number of anilines is 1. The Kier molecular flexibility index (Phi) is 5.41. The zero-order valence-electron chi connectivity index (χ0n) is 15.8. The number of hydrogen-bond donors (Lipinski definition) is 1. The van der Waals surface area contributed by atoms with Crippen LogP contribution in [0.4, 0.5) is 5.69 Å².